The van der Waals surface area contributed by atoms with Gasteiger partial charge in [-0.1, -0.05) is 12.1 Å². The van der Waals surface area contributed by atoms with E-state index in [4.69, 9.17) is 10.6 Å². The lowest BCUT2D eigenvalue weighted by Crippen LogP contribution is -2.46. The number of alkyl halides is 1. The van der Waals surface area contributed by atoms with Gasteiger partial charge in [0.05, 0.1) is 17.2 Å². The standard InChI is InChI=1S/C16H19FN6O7S2/c1-2-32(28,29)10-6-22-5-8(14(25)23(22)12(10)15(26)27)19-13(24)11(21-30-4-3-17)9-7-31-16(18)20-9/h7-8H,2-6H2,1H3,(H2,18,20)(H,19,24)(H,26,27)/b21-11+/t8-/m0/s1. The smallest absolute Gasteiger partial charge is 0.355 e. The minimum atomic E-state index is -3.87. The van der Waals surface area contributed by atoms with Crippen molar-refractivity contribution in [2.24, 2.45) is 5.16 Å². The van der Waals surface area contributed by atoms with Gasteiger partial charge in [0.25, 0.3) is 11.8 Å². The summed E-state index contributed by atoms with van der Waals surface area (Å²) in [7, 11) is -3.87. The number of carboxylic acid groups (broad SMARTS) is 1. The maximum absolute atomic E-state index is 12.8. The molecule has 2 aliphatic rings. The Morgan fingerprint density at radius 2 is 2.22 bits per heavy atom. The molecular formula is C16H19FN6O7S2. The van der Waals surface area contributed by atoms with Gasteiger partial charge in [0.1, 0.15) is 25.0 Å². The van der Waals surface area contributed by atoms with E-state index in [-0.39, 0.29) is 40.3 Å². The Kier molecular flexibility index (Phi) is 6.75. The molecular weight excluding hydrogens is 471 g/mol. The molecule has 1 saturated heterocycles. The van der Waals surface area contributed by atoms with Gasteiger partial charge in [-0.2, -0.15) is 0 Å². The fourth-order valence-corrected chi connectivity index (χ4v) is 4.82. The van der Waals surface area contributed by atoms with Crippen LogP contribution in [0.2, 0.25) is 0 Å². The number of nitrogens with one attached hydrogen (secondary N) is 1. The van der Waals surface area contributed by atoms with Crippen molar-refractivity contribution >= 4 is 49.8 Å². The number of rotatable bonds is 9. The Labute approximate surface area is 185 Å². The molecule has 1 atom stereocenters. The van der Waals surface area contributed by atoms with Crippen molar-refractivity contribution in [3.63, 3.8) is 0 Å². The van der Waals surface area contributed by atoms with Crippen molar-refractivity contribution in [1.29, 1.82) is 0 Å². The number of hydrogen-bond acceptors (Lipinski definition) is 11. The number of sulfone groups is 1. The Morgan fingerprint density at radius 3 is 2.78 bits per heavy atom. The third-order valence-corrected chi connectivity index (χ3v) is 7.06. The number of nitrogens with zero attached hydrogens (tertiary/aromatic N) is 4. The van der Waals surface area contributed by atoms with Crippen LogP contribution in [0.4, 0.5) is 9.52 Å². The minimum Gasteiger partial charge on any atom is -0.476 e. The fourth-order valence-electron chi connectivity index (χ4n) is 3.11. The van der Waals surface area contributed by atoms with E-state index >= 15 is 0 Å². The summed E-state index contributed by atoms with van der Waals surface area (Å²) in [5.41, 5.74) is 4.58. The number of halogens is 1. The summed E-state index contributed by atoms with van der Waals surface area (Å²) in [6, 6.07) is -1.20. The number of fused-ring (bicyclic) bond motifs is 1. The Bertz CT molecular complexity index is 1120. The molecule has 0 saturated carbocycles. The Morgan fingerprint density at radius 1 is 1.50 bits per heavy atom. The van der Waals surface area contributed by atoms with Gasteiger partial charge in [0, 0.05) is 11.9 Å². The van der Waals surface area contributed by atoms with E-state index in [2.05, 4.69) is 15.5 Å². The van der Waals surface area contributed by atoms with Crippen LogP contribution in [0.3, 0.4) is 0 Å². The topological polar surface area (TPSA) is 185 Å². The van der Waals surface area contributed by atoms with Crippen molar-refractivity contribution in [3.8, 4) is 0 Å². The number of oxime groups is 1. The maximum atomic E-state index is 12.8. The molecule has 174 valence electrons. The van der Waals surface area contributed by atoms with Gasteiger partial charge in [-0.15, -0.1) is 11.3 Å². The first kappa shape index (κ1) is 23.6. The van der Waals surface area contributed by atoms with E-state index in [1.165, 1.54) is 17.3 Å². The van der Waals surface area contributed by atoms with Gasteiger partial charge < -0.3 is 21.0 Å². The number of carboxylic acids is 1. The van der Waals surface area contributed by atoms with Crippen LogP contribution >= 0.6 is 11.3 Å². The second kappa shape index (κ2) is 9.17. The summed E-state index contributed by atoms with van der Waals surface area (Å²) < 4.78 is 36.8. The number of nitrogens with two attached hydrogens (primary N) is 1. The van der Waals surface area contributed by atoms with E-state index in [1.807, 2.05) is 0 Å². The van der Waals surface area contributed by atoms with Crippen LogP contribution in [0.5, 0.6) is 0 Å². The number of hydrazine groups is 1. The van der Waals surface area contributed by atoms with Crippen molar-refractivity contribution < 1.29 is 37.1 Å². The molecule has 0 bridgehead atoms. The van der Waals surface area contributed by atoms with Crippen LogP contribution in [0, 0.1) is 0 Å². The predicted octanol–water partition coefficient (Wildman–Crippen LogP) is -1.30. The van der Waals surface area contributed by atoms with Crippen molar-refractivity contribution in [2.45, 2.75) is 13.0 Å². The zero-order valence-corrected chi connectivity index (χ0v) is 18.3. The van der Waals surface area contributed by atoms with Gasteiger partial charge in [-0.05, 0) is 0 Å². The summed E-state index contributed by atoms with van der Waals surface area (Å²) in [4.78, 5) is 45.6. The molecule has 4 N–H and O–H groups in total. The number of anilines is 1. The van der Waals surface area contributed by atoms with Crippen LogP contribution in [0.25, 0.3) is 0 Å². The molecule has 1 aromatic rings. The molecule has 16 heteroatoms. The summed E-state index contributed by atoms with van der Waals surface area (Å²) in [6.45, 7) is -0.402. The number of nitrogen functional groups attached to an aromatic ring is 1. The molecule has 0 spiro atoms. The highest BCUT2D eigenvalue weighted by atomic mass is 32.2. The van der Waals surface area contributed by atoms with E-state index in [9.17, 15) is 32.3 Å². The number of aromatic nitrogens is 1. The molecule has 2 amide bonds. The summed E-state index contributed by atoms with van der Waals surface area (Å²) in [5, 5.41) is 19.0. The number of carbonyl (C=O) groups is 3. The summed E-state index contributed by atoms with van der Waals surface area (Å²) in [5.74, 6) is -3.64. The second-order valence-electron chi connectivity index (χ2n) is 6.54. The normalized spacial score (nSPS) is 19.4. The van der Waals surface area contributed by atoms with Crippen LogP contribution < -0.4 is 11.1 Å². The second-order valence-corrected chi connectivity index (χ2v) is 9.73. The first-order valence-corrected chi connectivity index (χ1v) is 11.7. The van der Waals surface area contributed by atoms with Gasteiger partial charge >= 0.3 is 5.97 Å². The van der Waals surface area contributed by atoms with Crippen molar-refractivity contribution in [1.82, 2.24) is 20.3 Å². The average molecular weight is 490 g/mol. The highest BCUT2D eigenvalue weighted by Gasteiger charge is 2.50. The summed E-state index contributed by atoms with van der Waals surface area (Å²) >= 11 is 1.02. The summed E-state index contributed by atoms with van der Waals surface area (Å²) in [6.07, 6.45) is 0. The molecule has 0 aromatic carbocycles. The highest BCUT2D eigenvalue weighted by molar-refractivity contribution is 7.95. The highest BCUT2D eigenvalue weighted by Crippen LogP contribution is 2.32. The van der Waals surface area contributed by atoms with Gasteiger partial charge in [-0.25, -0.2) is 32.6 Å². The number of amides is 2. The van der Waals surface area contributed by atoms with E-state index in [1.54, 1.807) is 0 Å². The molecule has 3 heterocycles. The van der Waals surface area contributed by atoms with Crippen LogP contribution in [0.1, 0.15) is 12.6 Å². The van der Waals surface area contributed by atoms with E-state index < -0.39 is 52.6 Å². The van der Waals surface area contributed by atoms with Gasteiger partial charge in [0.15, 0.2) is 26.4 Å². The van der Waals surface area contributed by atoms with Gasteiger partial charge in [0.2, 0.25) is 0 Å². The lowest BCUT2D eigenvalue weighted by Gasteiger charge is -2.18. The molecule has 32 heavy (non-hydrogen) atoms. The third-order valence-electron chi connectivity index (χ3n) is 4.55. The molecule has 0 unspecified atom stereocenters. The Balaban J connectivity index is 1.84. The lowest BCUT2D eigenvalue weighted by atomic mass is 10.2. The number of aliphatic carboxylic acids is 1. The largest absolute Gasteiger partial charge is 0.476 e. The predicted molar refractivity (Wildman–Crippen MR) is 109 cm³/mol. The number of hydrogen-bond donors (Lipinski definition) is 3. The molecule has 3 rings (SSSR count). The Hall–Kier alpha value is -3.11. The zero-order chi connectivity index (χ0) is 23.6. The van der Waals surface area contributed by atoms with E-state index in [0.29, 0.717) is 0 Å². The number of carbonyl (C=O) groups excluding carboxylic acids is 2. The monoisotopic (exact) mass is 490 g/mol. The van der Waals surface area contributed by atoms with Crippen LogP contribution in [-0.2, 0) is 29.1 Å². The minimum absolute atomic E-state index is 0.0394. The molecule has 2 aliphatic heterocycles. The molecule has 0 radical (unpaired) electrons. The van der Waals surface area contributed by atoms with Crippen molar-refractivity contribution in [2.75, 3.05) is 37.9 Å². The molecule has 1 fully saturated rings. The fraction of sp³-hybridized carbons (Fsp3) is 0.438. The molecule has 1 aromatic heterocycles. The first-order chi connectivity index (χ1) is 15.1. The molecule has 13 nitrogen and oxygen atoms in total. The van der Waals surface area contributed by atoms with Crippen LogP contribution in [-0.4, -0.2) is 90.2 Å². The maximum Gasteiger partial charge on any atom is 0.355 e. The average Bonchev–Trinajstić information content (AvgIpc) is 3.41. The third kappa shape index (κ3) is 4.42. The van der Waals surface area contributed by atoms with E-state index in [0.717, 1.165) is 16.3 Å². The zero-order valence-electron chi connectivity index (χ0n) is 16.6. The SMILES string of the molecule is CCS(=O)(=O)C1=C(C(=O)O)N2C(=O)[C@@H](NC(=O)/C(=N/OCCF)c3csc(N)n3)CN2C1. The van der Waals surface area contributed by atoms with Crippen LogP contribution in [0.15, 0.2) is 21.1 Å². The lowest BCUT2D eigenvalue weighted by molar-refractivity contribution is -0.143. The number of thiazole rings is 1. The quantitative estimate of drug-likeness (QED) is 0.214. The first-order valence-electron chi connectivity index (χ1n) is 9.16. The van der Waals surface area contributed by atoms with Crippen molar-refractivity contribution in [3.05, 3.63) is 21.7 Å². The van der Waals surface area contributed by atoms with Gasteiger partial charge in [-0.3, -0.25) is 9.59 Å². The molecule has 0 aliphatic carbocycles.